The van der Waals surface area contributed by atoms with Gasteiger partial charge in [-0.15, -0.1) is 0 Å². The summed E-state index contributed by atoms with van der Waals surface area (Å²) in [6.07, 6.45) is 6.43. The maximum absolute atomic E-state index is 12.5. The quantitative estimate of drug-likeness (QED) is 0.856. The van der Waals surface area contributed by atoms with E-state index < -0.39 is 0 Å². The van der Waals surface area contributed by atoms with Crippen molar-refractivity contribution in [2.45, 2.75) is 38.6 Å². The number of aromatic nitrogens is 2. The number of nitrogens with zero attached hydrogens (tertiary/aromatic N) is 3. The summed E-state index contributed by atoms with van der Waals surface area (Å²) in [5.41, 5.74) is 2.48. The lowest BCUT2D eigenvalue weighted by molar-refractivity contribution is -0.134. The molecule has 0 radical (unpaired) electrons. The number of amides is 1. The molecular formula is C14H22N4O. The number of rotatable bonds is 2. The number of imidazole rings is 1. The Kier molecular flexibility index (Phi) is 3.55. The molecule has 2 heterocycles. The van der Waals surface area contributed by atoms with Crippen molar-refractivity contribution in [3.8, 4) is 0 Å². The zero-order chi connectivity index (χ0) is 13.2. The Balaban J connectivity index is 1.77. The van der Waals surface area contributed by atoms with Gasteiger partial charge in [-0.1, -0.05) is 0 Å². The molecule has 0 saturated carbocycles. The lowest BCUT2D eigenvalue weighted by Crippen LogP contribution is -2.48. The van der Waals surface area contributed by atoms with Crippen molar-refractivity contribution in [1.82, 2.24) is 19.8 Å². The number of hydrogen-bond acceptors (Lipinski definition) is 3. The molecule has 1 N–H and O–H groups in total. The summed E-state index contributed by atoms with van der Waals surface area (Å²) in [7, 11) is 0. The highest BCUT2D eigenvalue weighted by molar-refractivity contribution is 5.80. The largest absolute Gasteiger partial charge is 0.338 e. The van der Waals surface area contributed by atoms with Gasteiger partial charge in [-0.3, -0.25) is 4.79 Å². The van der Waals surface area contributed by atoms with Gasteiger partial charge in [0.05, 0.1) is 12.0 Å². The summed E-state index contributed by atoms with van der Waals surface area (Å²) in [5, 5.41) is 3.28. The van der Waals surface area contributed by atoms with Crippen LogP contribution in [0.4, 0.5) is 0 Å². The van der Waals surface area contributed by atoms with E-state index in [2.05, 4.69) is 14.9 Å². The van der Waals surface area contributed by atoms with Crippen LogP contribution in [0.1, 0.15) is 37.2 Å². The van der Waals surface area contributed by atoms with Crippen LogP contribution >= 0.6 is 0 Å². The Morgan fingerprint density at radius 2 is 2.05 bits per heavy atom. The monoisotopic (exact) mass is 262 g/mol. The number of carbonyl (C=O) groups excluding carboxylic acids is 1. The molecule has 1 aromatic heterocycles. The Morgan fingerprint density at radius 3 is 2.84 bits per heavy atom. The van der Waals surface area contributed by atoms with Gasteiger partial charge in [0, 0.05) is 31.9 Å². The van der Waals surface area contributed by atoms with Crippen LogP contribution in [-0.2, 0) is 17.6 Å². The molecule has 2 aliphatic rings. The van der Waals surface area contributed by atoms with Crippen molar-refractivity contribution in [3.63, 3.8) is 0 Å². The van der Waals surface area contributed by atoms with E-state index in [0.29, 0.717) is 0 Å². The number of nitrogens with one attached hydrogen (secondary N) is 1. The van der Waals surface area contributed by atoms with Crippen molar-refractivity contribution < 1.29 is 4.79 Å². The zero-order valence-corrected chi connectivity index (χ0v) is 11.6. The molecule has 1 saturated heterocycles. The third-order valence-electron chi connectivity index (χ3n) is 4.26. The van der Waals surface area contributed by atoms with Crippen molar-refractivity contribution in [1.29, 1.82) is 0 Å². The van der Waals surface area contributed by atoms with Crippen LogP contribution < -0.4 is 5.32 Å². The van der Waals surface area contributed by atoms with E-state index in [0.717, 1.165) is 39.0 Å². The normalized spacial score (nSPS) is 21.0. The number of piperazine rings is 1. The SMILES string of the molecule is CC(C(=O)N1CCNCC1)n1cnc2c1CCCC2. The Hall–Kier alpha value is -1.36. The van der Waals surface area contributed by atoms with Gasteiger partial charge in [0.2, 0.25) is 5.91 Å². The second kappa shape index (κ2) is 5.33. The van der Waals surface area contributed by atoms with Crippen LogP contribution in [0, 0.1) is 0 Å². The van der Waals surface area contributed by atoms with Gasteiger partial charge in [0.1, 0.15) is 6.04 Å². The average molecular weight is 262 g/mol. The fourth-order valence-electron chi connectivity index (χ4n) is 3.09. The molecule has 1 aromatic rings. The Labute approximate surface area is 114 Å². The minimum Gasteiger partial charge on any atom is -0.338 e. The molecule has 104 valence electrons. The second-order valence-electron chi connectivity index (χ2n) is 5.50. The molecule has 5 heteroatoms. The fourth-order valence-corrected chi connectivity index (χ4v) is 3.09. The Morgan fingerprint density at radius 1 is 1.32 bits per heavy atom. The van der Waals surface area contributed by atoms with Gasteiger partial charge in [0.15, 0.2) is 0 Å². The third kappa shape index (κ3) is 2.39. The molecular weight excluding hydrogens is 240 g/mol. The Bertz CT molecular complexity index is 462. The molecule has 1 aliphatic carbocycles. The third-order valence-corrected chi connectivity index (χ3v) is 4.26. The highest BCUT2D eigenvalue weighted by Crippen LogP contribution is 2.23. The van der Waals surface area contributed by atoms with Gasteiger partial charge in [0.25, 0.3) is 0 Å². The number of carbonyl (C=O) groups is 1. The smallest absolute Gasteiger partial charge is 0.245 e. The lowest BCUT2D eigenvalue weighted by atomic mass is 10.0. The fraction of sp³-hybridized carbons (Fsp3) is 0.714. The molecule has 0 bridgehead atoms. The van der Waals surface area contributed by atoms with Gasteiger partial charge in [-0.25, -0.2) is 4.98 Å². The molecule has 3 rings (SSSR count). The van der Waals surface area contributed by atoms with Gasteiger partial charge in [-0.05, 0) is 32.6 Å². The second-order valence-corrected chi connectivity index (χ2v) is 5.50. The molecule has 1 aliphatic heterocycles. The molecule has 19 heavy (non-hydrogen) atoms. The van der Waals surface area contributed by atoms with E-state index in [4.69, 9.17) is 0 Å². The first-order valence-electron chi connectivity index (χ1n) is 7.31. The summed E-state index contributed by atoms with van der Waals surface area (Å²) in [4.78, 5) is 19.0. The van der Waals surface area contributed by atoms with Crippen LogP contribution in [0.25, 0.3) is 0 Å². The highest BCUT2D eigenvalue weighted by Gasteiger charge is 2.26. The van der Waals surface area contributed by atoms with Crippen molar-refractivity contribution in [3.05, 3.63) is 17.7 Å². The lowest BCUT2D eigenvalue weighted by Gasteiger charge is -2.30. The standard InChI is InChI=1S/C14H22N4O/c1-11(14(19)17-8-6-15-7-9-17)18-10-16-12-4-2-3-5-13(12)18/h10-11,15H,2-9H2,1H3. The highest BCUT2D eigenvalue weighted by atomic mass is 16.2. The minimum atomic E-state index is -0.118. The predicted octanol–water partition coefficient (Wildman–Crippen LogP) is 0.755. The molecule has 5 nitrogen and oxygen atoms in total. The predicted molar refractivity (Wildman–Crippen MR) is 73.0 cm³/mol. The maximum Gasteiger partial charge on any atom is 0.245 e. The van der Waals surface area contributed by atoms with Gasteiger partial charge >= 0.3 is 0 Å². The van der Waals surface area contributed by atoms with Crippen LogP contribution in [-0.4, -0.2) is 46.5 Å². The van der Waals surface area contributed by atoms with Crippen LogP contribution in [0.2, 0.25) is 0 Å². The first-order valence-corrected chi connectivity index (χ1v) is 7.31. The van der Waals surface area contributed by atoms with E-state index >= 15 is 0 Å². The van der Waals surface area contributed by atoms with Crippen molar-refractivity contribution in [2.24, 2.45) is 0 Å². The first-order chi connectivity index (χ1) is 9.27. The van der Waals surface area contributed by atoms with Crippen LogP contribution in [0.5, 0.6) is 0 Å². The molecule has 1 amide bonds. The summed E-state index contributed by atoms with van der Waals surface area (Å²) in [6, 6.07) is -0.118. The van der Waals surface area contributed by atoms with Gasteiger partial charge in [-0.2, -0.15) is 0 Å². The van der Waals surface area contributed by atoms with Crippen LogP contribution in [0.3, 0.4) is 0 Å². The molecule has 0 aromatic carbocycles. The number of aryl methyl sites for hydroxylation is 1. The van der Waals surface area contributed by atoms with E-state index in [1.165, 1.54) is 24.2 Å². The zero-order valence-electron chi connectivity index (χ0n) is 11.6. The topological polar surface area (TPSA) is 50.2 Å². The summed E-state index contributed by atoms with van der Waals surface area (Å²) in [5.74, 6) is 0.229. The molecule has 1 unspecified atom stereocenters. The number of fused-ring (bicyclic) bond motifs is 1. The molecule has 0 spiro atoms. The maximum atomic E-state index is 12.5. The van der Waals surface area contributed by atoms with E-state index in [1.54, 1.807) is 0 Å². The summed E-state index contributed by atoms with van der Waals surface area (Å²) < 4.78 is 2.10. The van der Waals surface area contributed by atoms with Crippen molar-refractivity contribution in [2.75, 3.05) is 26.2 Å². The van der Waals surface area contributed by atoms with Crippen LogP contribution in [0.15, 0.2) is 6.33 Å². The van der Waals surface area contributed by atoms with Crippen molar-refractivity contribution >= 4 is 5.91 Å². The average Bonchev–Trinajstić information content (AvgIpc) is 2.90. The minimum absolute atomic E-state index is 0.118. The molecule has 1 fully saturated rings. The molecule has 1 atom stereocenters. The van der Waals surface area contributed by atoms with E-state index in [-0.39, 0.29) is 11.9 Å². The number of hydrogen-bond donors (Lipinski definition) is 1. The van der Waals surface area contributed by atoms with E-state index in [9.17, 15) is 4.79 Å². The van der Waals surface area contributed by atoms with E-state index in [1.807, 2.05) is 18.2 Å². The summed E-state index contributed by atoms with van der Waals surface area (Å²) >= 11 is 0. The first kappa shape index (κ1) is 12.7. The summed E-state index contributed by atoms with van der Waals surface area (Å²) in [6.45, 7) is 5.45. The van der Waals surface area contributed by atoms with Gasteiger partial charge < -0.3 is 14.8 Å².